The third-order valence-corrected chi connectivity index (χ3v) is 1.50. The number of rotatable bonds is 0. The molecule has 0 fully saturated rings. The lowest BCUT2D eigenvalue weighted by Crippen LogP contribution is -2.22. The van der Waals surface area contributed by atoms with E-state index in [1.54, 1.807) is 0 Å². The van der Waals surface area contributed by atoms with Gasteiger partial charge in [-0.3, -0.25) is 0 Å². The minimum Gasteiger partial charge on any atom is -0.385 e. The summed E-state index contributed by atoms with van der Waals surface area (Å²) in [4.78, 5) is 0. The van der Waals surface area contributed by atoms with Crippen LogP contribution < -0.4 is 5.73 Å². The SMILES string of the molecule is CC(C)(C)n1cccc1N. The van der Waals surface area contributed by atoms with Gasteiger partial charge in [0.25, 0.3) is 0 Å². The van der Waals surface area contributed by atoms with Gasteiger partial charge in [-0.25, -0.2) is 0 Å². The fourth-order valence-electron chi connectivity index (χ4n) is 1.00. The van der Waals surface area contributed by atoms with Crippen LogP contribution in [0, 0.1) is 0 Å². The standard InChI is InChI=1S/C8H14N2/c1-8(2,3)10-6-4-5-7(10)9/h4-6H,9H2,1-3H3. The molecule has 0 saturated carbocycles. The third-order valence-electron chi connectivity index (χ3n) is 1.50. The number of nitrogen functional groups attached to an aromatic ring is 1. The predicted octanol–water partition coefficient (Wildman–Crippen LogP) is 1.83. The molecule has 1 aromatic rings. The lowest BCUT2D eigenvalue weighted by atomic mass is 10.1. The molecule has 56 valence electrons. The van der Waals surface area contributed by atoms with Gasteiger partial charge in [0.15, 0.2) is 0 Å². The zero-order valence-corrected chi connectivity index (χ0v) is 6.76. The second kappa shape index (κ2) is 2.04. The van der Waals surface area contributed by atoms with Crippen LogP contribution in [0.5, 0.6) is 0 Å². The molecule has 2 heteroatoms. The molecular weight excluding hydrogens is 124 g/mol. The van der Waals surface area contributed by atoms with Gasteiger partial charge in [0.05, 0.1) is 0 Å². The molecule has 2 N–H and O–H groups in total. The van der Waals surface area contributed by atoms with Gasteiger partial charge in [-0.15, -0.1) is 0 Å². The van der Waals surface area contributed by atoms with Crippen molar-refractivity contribution in [3.63, 3.8) is 0 Å². The van der Waals surface area contributed by atoms with Crippen molar-refractivity contribution >= 4 is 5.82 Å². The average molecular weight is 138 g/mol. The summed E-state index contributed by atoms with van der Waals surface area (Å²) in [7, 11) is 0. The molecule has 0 unspecified atom stereocenters. The Morgan fingerprint density at radius 2 is 2.00 bits per heavy atom. The van der Waals surface area contributed by atoms with Crippen LogP contribution in [0.1, 0.15) is 20.8 Å². The van der Waals surface area contributed by atoms with Crippen molar-refractivity contribution in [2.75, 3.05) is 5.73 Å². The lowest BCUT2D eigenvalue weighted by Gasteiger charge is -2.22. The number of aromatic nitrogens is 1. The summed E-state index contributed by atoms with van der Waals surface area (Å²) >= 11 is 0. The topological polar surface area (TPSA) is 30.9 Å². The van der Waals surface area contributed by atoms with Crippen LogP contribution in [0.4, 0.5) is 5.82 Å². The van der Waals surface area contributed by atoms with E-state index in [4.69, 9.17) is 5.73 Å². The number of nitrogens with zero attached hydrogens (tertiary/aromatic N) is 1. The maximum absolute atomic E-state index is 5.69. The molecule has 0 saturated heterocycles. The highest BCUT2D eigenvalue weighted by molar-refractivity contribution is 5.31. The minimum atomic E-state index is 0.105. The van der Waals surface area contributed by atoms with E-state index in [1.165, 1.54) is 0 Å². The molecule has 10 heavy (non-hydrogen) atoms. The Balaban J connectivity index is 3.05. The number of hydrogen-bond donors (Lipinski definition) is 1. The quantitative estimate of drug-likeness (QED) is 0.582. The summed E-state index contributed by atoms with van der Waals surface area (Å²) < 4.78 is 2.05. The van der Waals surface area contributed by atoms with E-state index < -0.39 is 0 Å². The zero-order chi connectivity index (χ0) is 7.78. The van der Waals surface area contributed by atoms with Crippen molar-refractivity contribution in [2.24, 2.45) is 0 Å². The summed E-state index contributed by atoms with van der Waals surface area (Å²) in [6, 6.07) is 3.87. The average Bonchev–Trinajstić information content (AvgIpc) is 2.11. The van der Waals surface area contributed by atoms with Crippen LogP contribution >= 0.6 is 0 Å². The van der Waals surface area contributed by atoms with Crippen molar-refractivity contribution in [3.05, 3.63) is 18.3 Å². The fraction of sp³-hybridized carbons (Fsp3) is 0.500. The molecule has 0 aliphatic carbocycles. The molecule has 2 nitrogen and oxygen atoms in total. The maximum Gasteiger partial charge on any atom is 0.103 e. The van der Waals surface area contributed by atoms with E-state index in [0.29, 0.717) is 0 Å². The molecule has 0 aromatic carbocycles. The summed E-state index contributed by atoms with van der Waals surface area (Å²) in [5.41, 5.74) is 5.79. The van der Waals surface area contributed by atoms with Crippen molar-refractivity contribution < 1.29 is 0 Å². The first-order chi connectivity index (χ1) is 4.52. The highest BCUT2D eigenvalue weighted by Crippen LogP contribution is 2.18. The van der Waals surface area contributed by atoms with Gasteiger partial charge in [0.1, 0.15) is 5.82 Å². The Hall–Kier alpha value is -0.920. The summed E-state index contributed by atoms with van der Waals surface area (Å²) in [5, 5.41) is 0. The largest absolute Gasteiger partial charge is 0.385 e. The van der Waals surface area contributed by atoms with E-state index in [2.05, 4.69) is 20.8 Å². The van der Waals surface area contributed by atoms with Gasteiger partial charge in [-0.05, 0) is 32.9 Å². The summed E-state index contributed by atoms with van der Waals surface area (Å²) in [6.07, 6.45) is 2.00. The van der Waals surface area contributed by atoms with Crippen LogP contribution in [0.3, 0.4) is 0 Å². The first-order valence-electron chi connectivity index (χ1n) is 3.45. The Labute approximate surface area is 61.7 Å². The molecule has 0 bridgehead atoms. The Morgan fingerprint density at radius 1 is 1.40 bits per heavy atom. The monoisotopic (exact) mass is 138 g/mol. The van der Waals surface area contributed by atoms with Gasteiger partial charge >= 0.3 is 0 Å². The third kappa shape index (κ3) is 1.15. The van der Waals surface area contributed by atoms with E-state index in [9.17, 15) is 0 Å². The number of nitrogens with two attached hydrogens (primary N) is 1. The van der Waals surface area contributed by atoms with E-state index >= 15 is 0 Å². The summed E-state index contributed by atoms with van der Waals surface area (Å²) in [5.74, 6) is 0.826. The van der Waals surface area contributed by atoms with Crippen LogP contribution in [0.2, 0.25) is 0 Å². The van der Waals surface area contributed by atoms with E-state index in [0.717, 1.165) is 5.82 Å². The van der Waals surface area contributed by atoms with Gasteiger partial charge in [-0.2, -0.15) is 0 Å². The van der Waals surface area contributed by atoms with Crippen LogP contribution in [-0.4, -0.2) is 4.57 Å². The lowest BCUT2D eigenvalue weighted by molar-refractivity contribution is 0.404. The smallest absolute Gasteiger partial charge is 0.103 e. The first-order valence-corrected chi connectivity index (χ1v) is 3.45. The van der Waals surface area contributed by atoms with Gasteiger partial charge in [0, 0.05) is 11.7 Å². The molecule has 0 spiro atoms. The first kappa shape index (κ1) is 7.19. The van der Waals surface area contributed by atoms with Crippen molar-refractivity contribution in [3.8, 4) is 0 Å². The Morgan fingerprint density at radius 3 is 2.20 bits per heavy atom. The van der Waals surface area contributed by atoms with Gasteiger partial charge < -0.3 is 10.3 Å². The van der Waals surface area contributed by atoms with Gasteiger partial charge in [-0.1, -0.05) is 0 Å². The Bertz CT molecular complexity index is 217. The molecular formula is C8H14N2. The van der Waals surface area contributed by atoms with E-state index in [1.807, 2.05) is 22.9 Å². The molecule has 1 aromatic heterocycles. The number of anilines is 1. The van der Waals surface area contributed by atoms with Crippen molar-refractivity contribution in [1.29, 1.82) is 0 Å². The van der Waals surface area contributed by atoms with Gasteiger partial charge in [0.2, 0.25) is 0 Å². The predicted molar refractivity (Wildman–Crippen MR) is 43.8 cm³/mol. The van der Waals surface area contributed by atoms with E-state index in [-0.39, 0.29) is 5.54 Å². The second-order valence-electron chi connectivity index (χ2n) is 3.47. The van der Waals surface area contributed by atoms with Crippen LogP contribution in [-0.2, 0) is 5.54 Å². The highest BCUT2D eigenvalue weighted by Gasteiger charge is 2.12. The maximum atomic E-state index is 5.69. The molecule has 0 aliphatic rings. The highest BCUT2D eigenvalue weighted by atomic mass is 15.1. The molecule has 0 amide bonds. The summed E-state index contributed by atoms with van der Waals surface area (Å²) in [6.45, 7) is 6.38. The van der Waals surface area contributed by atoms with Crippen LogP contribution in [0.15, 0.2) is 18.3 Å². The van der Waals surface area contributed by atoms with Crippen LogP contribution in [0.25, 0.3) is 0 Å². The second-order valence-corrected chi connectivity index (χ2v) is 3.47. The molecule has 0 radical (unpaired) electrons. The van der Waals surface area contributed by atoms with Crippen molar-refractivity contribution in [1.82, 2.24) is 4.57 Å². The molecule has 1 heterocycles. The minimum absolute atomic E-state index is 0.105. The molecule has 1 rings (SSSR count). The normalized spacial score (nSPS) is 11.9. The zero-order valence-electron chi connectivity index (χ0n) is 6.76. The van der Waals surface area contributed by atoms with Crippen molar-refractivity contribution in [2.45, 2.75) is 26.3 Å². The number of hydrogen-bond acceptors (Lipinski definition) is 1. The molecule has 0 aliphatic heterocycles. The Kier molecular flexibility index (Phi) is 1.47. The molecule has 0 atom stereocenters. The fourth-order valence-corrected chi connectivity index (χ4v) is 1.00.